The van der Waals surface area contributed by atoms with E-state index in [-0.39, 0.29) is 35.4 Å². The van der Waals surface area contributed by atoms with Gasteiger partial charge in [0.1, 0.15) is 5.82 Å². The van der Waals surface area contributed by atoms with Gasteiger partial charge in [0.05, 0.1) is 29.5 Å². The van der Waals surface area contributed by atoms with Gasteiger partial charge in [-0.3, -0.25) is 10.6 Å². The molecule has 3 rings (SSSR count). The van der Waals surface area contributed by atoms with Crippen molar-refractivity contribution in [1.29, 1.82) is 0 Å². The lowest BCUT2D eigenvalue weighted by molar-refractivity contribution is 0.0841. The molecule has 3 unspecified atom stereocenters. The van der Waals surface area contributed by atoms with Crippen molar-refractivity contribution in [3.05, 3.63) is 29.6 Å². The van der Waals surface area contributed by atoms with E-state index in [4.69, 9.17) is 10.6 Å². The molecule has 2 aliphatic heterocycles. The molecule has 0 spiro atoms. The number of nitrogens with one attached hydrogen (secondary N) is 2. The van der Waals surface area contributed by atoms with Crippen LogP contribution in [0.5, 0.6) is 0 Å². The molecule has 2 bridgehead atoms. The van der Waals surface area contributed by atoms with Crippen molar-refractivity contribution in [3.63, 3.8) is 0 Å². The molecule has 1 aromatic rings. The molecule has 3 atom stereocenters. The maximum Gasteiger partial charge on any atom is 0.253 e. The minimum absolute atomic E-state index is 0.0140. The molecule has 5 nitrogen and oxygen atoms in total. The van der Waals surface area contributed by atoms with Crippen LogP contribution in [0.25, 0.3) is 0 Å². The third-order valence-electron chi connectivity index (χ3n) is 3.83. The Morgan fingerprint density at radius 3 is 2.89 bits per heavy atom. The van der Waals surface area contributed by atoms with Gasteiger partial charge in [0.25, 0.3) is 5.91 Å². The van der Waals surface area contributed by atoms with Gasteiger partial charge in [-0.1, -0.05) is 6.07 Å². The first-order valence-corrected chi connectivity index (χ1v) is 6.40. The van der Waals surface area contributed by atoms with E-state index in [2.05, 4.69) is 10.7 Å². The summed E-state index contributed by atoms with van der Waals surface area (Å²) >= 11 is 0. The standard InChI is InChI=1S/C13H16FN3O2/c14-9-3-1-2-8(12(9)17-15)13(18)16-10-6-7-4-5-11(10)19-7/h1-3,7,10-11,17H,4-6,15H2,(H,16,18). The number of para-hydroxylation sites is 1. The number of benzene rings is 1. The van der Waals surface area contributed by atoms with E-state index >= 15 is 0 Å². The number of anilines is 1. The molecule has 1 amide bonds. The second-order valence-electron chi connectivity index (χ2n) is 5.00. The highest BCUT2D eigenvalue weighted by Gasteiger charge is 2.41. The van der Waals surface area contributed by atoms with Crippen molar-refractivity contribution in [3.8, 4) is 0 Å². The Balaban J connectivity index is 1.76. The zero-order valence-corrected chi connectivity index (χ0v) is 10.4. The van der Waals surface area contributed by atoms with Crippen LogP contribution in [0.15, 0.2) is 18.2 Å². The Kier molecular flexibility index (Phi) is 3.12. The first-order valence-electron chi connectivity index (χ1n) is 6.40. The molecular formula is C13H16FN3O2. The highest BCUT2D eigenvalue weighted by Crippen LogP contribution is 2.34. The van der Waals surface area contributed by atoms with Crippen LogP contribution in [0.1, 0.15) is 29.6 Å². The summed E-state index contributed by atoms with van der Waals surface area (Å²) in [4.78, 5) is 12.2. The Labute approximate surface area is 110 Å². The maximum atomic E-state index is 13.5. The molecule has 2 saturated heterocycles. The van der Waals surface area contributed by atoms with E-state index in [0.717, 1.165) is 19.3 Å². The van der Waals surface area contributed by atoms with Crippen LogP contribution in [0.2, 0.25) is 0 Å². The van der Waals surface area contributed by atoms with Gasteiger partial charge >= 0.3 is 0 Å². The number of nitrogen functional groups attached to an aromatic ring is 1. The number of hydrogen-bond acceptors (Lipinski definition) is 4. The van der Waals surface area contributed by atoms with E-state index in [1.54, 1.807) is 6.07 Å². The van der Waals surface area contributed by atoms with Crippen LogP contribution < -0.4 is 16.6 Å². The molecule has 19 heavy (non-hydrogen) atoms. The van der Waals surface area contributed by atoms with Crippen LogP contribution in [-0.4, -0.2) is 24.2 Å². The van der Waals surface area contributed by atoms with E-state index < -0.39 is 5.82 Å². The lowest BCUT2D eigenvalue weighted by Gasteiger charge is -2.20. The molecule has 0 radical (unpaired) electrons. The number of ether oxygens (including phenoxy) is 1. The van der Waals surface area contributed by atoms with Crippen molar-refractivity contribution < 1.29 is 13.9 Å². The SMILES string of the molecule is NNc1c(F)cccc1C(=O)NC1CC2CCC1O2. The van der Waals surface area contributed by atoms with Crippen LogP contribution >= 0.6 is 0 Å². The normalized spacial score (nSPS) is 28.4. The lowest BCUT2D eigenvalue weighted by Crippen LogP contribution is -2.41. The first-order chi connectivity index (χ1) is 9.19. The minimum atomic E-state index is -0.542. The molecular weight excluding hydrogens is 249 g/mol. The third kappa shape index (κ3) is 2.17. The summed E-state index contributed by atoms with van der Waals surface area (Å²) in [5.41, 5.74) is 2.47. The molecule has 0 saturated carbocycles. The summed E-state index contributed by atoms with van der Waals surface area (Å²) < 4.78 is 19.2. The molecule has 6 heteroatoms. The molecule has 102 valence electrons. The number of hydrogen-bond donors (Lipinski definition) is 3. The number of hydrazine groups is 1. The summed E-state index contributed by atoms with van der Waals surface area (Å²) in [5.74, 6) is 4.40. The van der Waals surface area contributed by atoms with E-state index in [0.29, 0.717) is 0 Å². The van der Waals surface area contributed by atoms with E-state index in [9.17, 15) is 9.18 Å². The predicted octanol–water partition coefficient (Wildman–Crippen LogP) is 1.16. The lowest BCUT2D eigenvalue weighted by atomic mass is 9.95. The first kappa shape index (κ1) is 12.4. The number of amides is 1. The molecule has 0 aliphatic carbocycles. The zero-order valence-electron chi connectivity index (χ0n) is 10.4. The Morgan fingerprint density at radius 2 is 2.26 bits per heavy atom. The van der Waals surface area contributed by atoms with Crippen LogP contribution in [0, 0.1) is 5.82 Å². The maximum absolute atomic E-state index is 13.5. The Bertz CT molecular complexity index is 509. The fourth-order valence-corrected chi connectivity index (χ4v) is 2.90. The van der Waals surface area contributed by atoms with E-state index in [1.165, 1.54) is 12.1 Å². The van der Waals surface area contributed by atoms with Crippen molar-refractivity contribution in [1.82, 2.24) is 5.32 Å². The van der Waals surface area contributed by atoms with Gasteiger partial charge in [-0.15, -0.1) is 0 Å². The average molecular weight is 265 g/mol. The molecule has 0 aromatic heterocycles. The van der Waals surface area contributed by atoms with Crippen molar-refractivity contribution in [2.45, 2.75) is 37.5 Å². The number of fused-ring (bicyclic) bond motifs is 2. The van der Waals surface area contributed by atoms with Gasteiger partial charge in [-0.2, -0.15) is 0 Å². The van der Waals surface area contributed by atoms with Crippen molar-refractivity contribution in [2.24, 2.45) is 5.84 Å². The third-order valence-corrected chi connectivity index (χ3v) is 3.83. The number of carbonyl (C=O) groups is 1. The molecule has 2 aliphatic rings. The van der Waals surface area contributed by atoms with Crippen LogP contribution in [0.4, 0.5) is 10.1 Å². The fourth-order valence-electron chi connectivity index (χ4n) is 2.90. The quantitative estimate of drug-likeness (QED) is 0.566. The van der Waals surface area contributed by atoms with Gasteiger partial charge in [0, 0.05) is 0 Å². The summed E-state index contributed by atoms with van der Waals surface area (Å²) in [6.07, 6.45) is 3.22. The Morgan fingerprint density at radius 1 is 1.42 bits per heavy atom. The molecule has 2 fully saturated rings. The second-order valence-corrected chi connectivity index (χ2v) is 5.00. The summed E-state index contributed by atoms with van der Waals surface area (Å²) in [6, 6.07) is 4.30. The monoisotopic (exact) mass is 265 g/mol. The Hall–Kier alpha value is -1.66. The zero-order chi connectivity index (χ0) is 13.4. The molecule has 1 aromatic carbocycles. The summed E-state index contributed by atoms with van der Waals surface area (Å²) in [5, 5.41) is 2.90. The predicted molar refractivity (Wildman–Crippen MR) is 68.0 cm³/mol. The molecule has 2 heterocycles. The van der Waals surface area contributed by atoms with Gasteiger partial charge in [0.2, 0.25) is 0 Å². The number of carbonyl (C=O) groups excluding carboxylic acids is 1. The van der Waals surface area contributed by atoms with Crippen LogP contribution in [0.3, 0.4) is 0 Å². The number of nitrogens with two attached hydrogens (primary N) is 1. The van der Waals surface area contributed by atoms with Gasteiger partial charge in [-0.25, -0.2) is 4.39 Å². The van der Waals surface area contributed by atoms with Gasteiger partial charge in [0.15, 0.2) is 0 Å². The summed E-state index contributed by atoms with van der Waals surface area (Å²) in [6.45, 7) is 0. The highest BCUT2D eigenvalue weighted by atomic mass is 19.1. The van der Waals surface area contributed by atoms with E-state index in [1.807, 2.05) is 0 Å². The van der Waals surface area contributed by atoms with Crippen molar-refractivity contribution >= 4 is 11.6 Å². The largest absolute Gasteiger partial charge is 0.373 e. The average Bonchev–Trinajstić information content (AvgIpc) is 3.00. The summed E-state index contributed by atoms with van der Waals surface area (Å²) in [7, 11) is 0. The minimum Gasteiger partial charge on any atom is -0.373 e. The molecule has 4 N–H and O–H groups in total. The van der Waals surface area contributed by atoms with Crippen LogP contribution in [-0.2, 0) is 4.74 Å². The smallest absolute Gasteiger partial charge is 0.253 e. The second kappa shape index (κ2) is 4.79. The highest BCUT2D eigenvalue weighted by molar-refractivity contribution is 5.99. The van der Waals surface area contributed by atoms with Gasteiger partial charge in [-0.05, 0) is 31.4 Å². The van der Waals surface area contributed by atoms with Crippen molar-refractivity contribution in [2.75, 3.05) is 5.43 Å². The van der Waals surface area contributed by atoms with Gasteiger partial charge < -0.3 is 15.5 Å². The fraction of sp³-hybridized carbons (Fsp3) is 0.462. The number of halogens is 1. The number of rotatable bonds is 3. The topological polar surface area (TPSA) is 76.4 Å².